The van der Waals surface area contributed by atoms with Gasteiger partial charge in [0.25, 0.3) is 10.0 Å². The smallest absolute Gasteiger partial charge is 0.252 e. The molecule has 1 aromatic rings. The first-order valence-corrected chi connectivity index (χ1v) is 9.82. The van der Waals surface area contributed by atoms with E-state index < -0.39 is 10.0 Å². The fourth-order valence-electron chi connectivity index (χ4n) is 2.36. The van der Waals surface area contributed by atoms with Crippen LogP contribution in [0.3, 0.4) is 0 Å². The SMILES string of the molecule is NCCCC(=O)N1CCCN(S(=O)(=O)c2ccc(Cl)s2)CC1. The van der Waals surface area contributed by atoms with E-state index in [-0.39, 0.29) is 10.1 Å². The third kappa shape index (κ3) is 4.20. The van der Waals surface area contributed by atoms with Crippen LogP contribution in [0.5, 0.6) is 0 Å². The number of nitrogens with zero attached hydrogens (tertiary/aromatic N) is 2. The highest BCUT2D eigenvalue weighted by molar-refractivity contribution is 7.91. The molecule has 22 heavy (non-hydrogen) atoms. The molecule has 1 saturated heterocycles. The predicted octanol–water partition coefficient (Wildman–Crippen LogP) is 1.36. The Balaban J connectivity index is 2.02. The average molecular weight is 366 g/mol. The van der Waals surface area contributed by atoms with Gasteiger partial charge in [0, 0.05) is 32.6 Å². The van der Waals surface area contributed by atoms with E-state index in [2.05, 4.69) is 0 Å². The molecular formula is C13H20ClN3O3S2. The van der Waals surface area contributed by atoms with Crippen LogP contribution in [0.4, 0.5) is 0 Å². The molecule has 0 spiro atoms. The van der Waals surface area contributed by atoms with Gasteiger partial charge in [-0.2, -0.15) is 4.31 Å². The fraction of sp³-hybridized carbons (Fsp3) is 0.615. The van der Waals surface area contributed by atoms with E-state index in [1.807, 2.05) is 0 Å². The second-order valence-electron chi connectivity index (χ2n) is 5.09. The molecule has 1 aliphatic heterocycles. The molecule has 2 rings (SSSR count). The molecule has 0 saturated carbocycles. The lowest BCUT2D eigenvalue weighted by molar-refractivity contribution is -0.131. The van der Waals surface area contributed by atoms with Crippen LogP contribution in [0.2, 0.25) is 4.34 Å². The quantitative estimate of drug-likeness (QED) is 0.854. The lowest BCUT2D eigenvalue weighted by Crippen LogP contribution is -2.37. The number of rotatable bonds is 5. The fourth-order valence-corrected chi connectivity index (χ4v) is 5.47. The van der Waals surface area contributed by atoms with Crippen LogP contribution in [-0.4, -0.2) is 56.3 Å². The summed E-state index contributed by atoms with van der Waals surface area (Å²) in [6, 6.07) is 3.11. The summed E-state index contributed by atoms with van der Waals surface area (Å²) in [5, 5.41) is 0. The van der Waals surface area contributed by atoms with Crippen LogP contribution in [0.15, 0.2) is 16.3 Å². The molecule has 1 aromatic heterocycles. The van der Waals surface area contributed by atoms with Crippen molar-refractivity contribution >= 4 is 38.9 Å². The Hall–Kier alpha value is -0.670. The van der Waals surface area contributed by atoms with Crippen LogP contribution in [0.1, 0.15) is 19.3 Å². The average Bonchev–Trinajstić information content (AvgIpc) is 2.77. The minimum Gasteiger partial charge on any atom is -0.341 e. The Morgan fingerprint density at radius 2 is 2.05 bits per heavy atom. The Morgan fingerprint density at radius 3 is 2.68 bits per heavy atom. The van der Waals surface area contributed by atoms with Gasteiger partial charge in [0.1, 0.15) is 4.21 Å². The van der Waals surface area contributed by atoms with Gasteiger partial charge in [0.05, 0.1) is 4.34 Å². The van der Waals surface area contributed by atoms with Gasteiger partial charge in [-0.1, -0.05) is 11.6 Å². The summed E-state index contributed by atoms with van der Waals surface area (Å²) in [5.74, 6) is 0.0452. The highest BCUT2D eigenvalue weighted by Gasteiger charge is 2.29. The first kappa shape index (κ1) is 17.7. The van der Waals surface area contributed by atoms with Crippen LogP contribution < -0.4 is 5.73 Å². The summed E-state index contributed by atoms with van der Waals surface area (Å²) in [6.07, 6.45) is 1.71. The zero-order chi connectivity index (χ0) is 16.2. The van der Waals surface area contributed by atoms with Crippen molar-refractivity contribution in [1.29, 1.82) is 0 Å². The molecule has 0 unspecified atom stereocenters. The summed E-state index contributed by atoms with van der Waals surface area (Å²) < 4.78 is 27.3. The van der Waals surface area contributed by atoms with Gasteiger partial charge < -0.3 is 10.6 Å². The van der Waals surface area contributed by atoms with Gasteiger partial charge >= 0.3 is 0 Å². The first-order chi connectivity index (χ1) is 10.4. The van der Waals surface area contributed by atoms with Gasteiger partial charge in [-0.05, 0) is 31.5 Å². The maximum absolute atomic E-state index is 12.6. The lowest BCUT2D eigenvalue weighted by atomic mass is 10.2. The van der Waals surface area contributed by atoms with Gasteiger partial charge in [0.2, 0.25) is 5.91 Å². The number of carbonyl (C=O) groups is 1. The van der Waals surface area contributed by atoms with Gasteiger partial charge in [-0.25, -0.2) is 8.42 Å². The van der Waals surface area contributed by atoms with E-state index >= 15 is 0 Å². The molecule has 2 heterocycles. The zero-order valence-corrected chi connectivity index (χ0v) is 14.6. The number of hydrogen-bond donors (Lipinski definition) is 1. The molecule has 0 radical (unpaired) electrons. The third-order valence-electron chi connectivity index (χ3n) is 3.55. The van der Waals surface area contributed by atoms with E-state index in [9.17, 15) is 13.2 Å². The highest BCUT2D eigenvalue weighted by Crippen LogP contribution is 2.28. The van der Waals surface area contributed by atoms with E-state index in [0.717, 1.165) is 11.3 Å². The van der Waals surface area contributed by atoms with Crippen LogP contribution in [0, 0.1) is 0 Å². The maximum Gasteiger partial charge on any atom is 0.252 e. The molecule has 1 fully saturated rings. The van der Waals surface area contributed by atoms with Crippen molar-refractivity contribution in [3.05, 3.63) is 16.5 Å². The lowest BCUT2D eigenvalue weighted by Gasteiger charge is -2.21. The first-order valence-electron chi connectivity index (χ1n) is 7.18. The Labute approximate surface area is 139 Å². The van der Waals surface area contributed by atoms with Crippen LogP contribution >= 0.6 is 22.9 Å². The van der Waals surface area contributed by atoms with Crippen LogP contribution in [-0.2, 0) is 14.8 Å². The van der Waals surface area contributed by atoms with Crippen molar-refractivity contribution in [3.63, 3.8) is 0 Å². The van der Waals surface area contributed by atoms with Crippen LogP contribution in [0.25, 0.3) is 0 Å². The van der Waals surface area contributed by atoms with Crippen molar-refractivity contribution < 1.29 is 13.2 Å². The normalized spacial score (nSPS) is 17.5. The van der Waals surface area contributed by atoms with E-state index in [0.29, 0.717) is 56.3 Å². The number of nitrogens with two attached hydrogens (primary N) is 1. The maximum atomic E-state index is 12.6. The number of amides is 1. The van der Waals surface area contributed by atoms with Crippen molar-refractivity contribution in [2.45, 2.75) is 23.5 Å². The second-order valence-corrected chi connectivity index (χ2v) is 8.97. The van der Waals surface area contributed by atoms with Crippen molar-refractivity contribution in [2.24, 2.45) is 5.73 Å². The molecule has 0 atom stereocenters. The van der Waals surface area contributed by atoms with Gasteiger partial charge in [-0.15, -0.1) is 11.3 Å². The monoisotopic (exact) mass is 365 g/mol. The van der Waals surface area contributed by atoms with E-state index in [1.165, 1.54) is 10.4 Å². The molecule has 1 aliphatic rings. The van der Waals surface area contributed by atoms with Crippen molar-refractivity contribution in [3.8, 4) is 0 Å². The summed E-state index contributed by atoms with van der Waals surface area (Å²) in [6.45, 7) is 2.21. The Kier molecular flexibility index (Phi) is 6.22. The molecule has 124 valence electrons. The van der Waals surface area contributed by atoms with E-state index in [4.69, 9.17) is 17.3 Å². The molecule has 9 heteroatoms. The molecule has 1 amide bonds. The third-order valence-corrected chi connectivity index (χ3v) is 7.14. The standard InChI is InChI=1S/C13H20ClN3O3S2/c14-11-4-5-13(21-11)22(19,20)17-8-2-7-16(9-10-17)12(18)3-1-6-15/h4-5H,1-3,6-10,15H2. The molecule has 0 aliphatic carbocycles. The number of carbonyl (C=O) groups excluding carboxylic acids is 1. The number of hydrogen-bond acceptors (Lipinski definition) is 5. The molecule has 2 N–H and O–H groups in total. The summed E-state index contributed by atoms with van der Waals surface area (Å²) in [5.41, 5.74) is 5.41. The second kappa shape index (κ2) is 7.74. The molecular weight excluding hydrogens is 346 g/mol. The number of thiophene rings is 1. The largest absolute Gasteiger partial charge is 0.341 e. The molecule has 6 nitrogen and oxygen atoms in total. The minimum absolute atomic E-state index is 0.0452. The summed E-state index contributed by atoms with van der Waals surface area (Å²) in [4.78, 5) is 13.8. The van der Waals surface area contributed by atoms with Crippen molar-refractivity contribution in [1.82, 2.24) is 9.21 Å². The summed E-state index contributed by atoms with van der Waals surface area (Å²) in [7, 11) is -3.52. The molecule has 0 bridgehead atoms. The Morgan fingerprint density at radius 1 is 1.27 bits per heavy atom. The van der Waals surface area contributed by atoms with Gasteiger partial charge in [-0.3, -0.25) is 4.79 Å². The number of sulfonamides is 1. The van der Waals surface area contributed by atoms with Crippen molar-refractivity contribution in [2.75, 3.05) is 32.7 Å². The predicted molar refractivity (Wildman–Crippen MR) is 87.6 cm³/mol. The van der Waals surface area contributed by atoms with E-state index in [1.54, 1.807) is 11.0 Å². The Bertz CT molecular complexity index is 618. The molecule has 0 aromatic carbocycles. The summed E-state index contributed by atoms with van der Waals surface area (Å²) >= 11 is 6.88. The topological polar surface area (TPSA) is 83.7 Å². The van der Waals surface area contributed by atoms with Gasteiger partial charge in [0.15, 0.2) is 0 Å². The minimum atomic E-state index is -3.52. The number of halogens is 1. The zero-order valence-electron chi connectivity index (χ0n) is 12.2. The highest BCUT2D eigenvalue weighted by atomic mass is 35.5.